The smallest absolute Gasteiger partial charge is 0.208 e. The molecule has 0 N–H and O–H groups in total. The SMILES string of the molecule is C=CCCc1cc2c(n1-c1cccc3c1C(=O)c1ccc(N(CC=C)C(/C=C\C)=C(/C)CC=C)cc1S3(=O)=O)CCCC2. The van der Waals surface area contributed by atoms with Crippen molar-refractivity contribution in [2.75, 3.05) is 11.4 Å². The van der Waals surface area contributed by atoms with Crippen molar-refractivity contribution in [1.82, 2.24) is 4.57 Å². The summed E-state index contributed by atoms with van der Waals surface area (Å²) in [7, 11) is -3.99. The summed E-state index contributed by atoms with van der Waals surface area (Å²) < 4.78 is 30.8. The molecule has 0 amide bonds. The molecule has 5 rings (SSSR count). The minimum atomic E-state index is -3.99. The lowest BCUT2D eigenvalue weighted by atomic mass is 9.97. The van der Waals surface area contributed by atoms with Gasteiger partial charge in [0, 0.05) is 34.9 Å². The molecule has 1 aromatic heterocycles. The Kier molecular flexibility index (Phi) is 8.88. The Hall–Kier alpha value is -4.16. The second-order valence-electron chi connectivity index (χ2n) is 11.2. The zero-order chi connectivity index (χ0) is 30.7. The fourth-order valence-electron chi connectivity index (χ4n) is 6.41. The van der Waals surface area contributed by atoms with Crippen molar-refractivity contribution in [3.05, 3.63) is 132 Å². The van der Waals surface area contributed by atoms with Crippen molar-refractivity contribution in [1.29, 1.82) is 0 Å². The average Bonchev–Trinajstić information content (AvgIpc) is 3.38. The molecule has 2 aromatic carbocycles. The highest BCUT2D eigenvalue weighted by atomic mass is 32.2. The van der Waals surface area contributed by atoms with Crippen LogP contribution in [-0.4, -0.2) is 25.3 Å². The van der Waals surface area contributed by atoms with Gasteiger partial charge in [0.1, 0.15) is 0 Å². The lowest BCUT2D eigenvalue weighted by molar-refractivity contribution is 0.103. The third-order valence-electron chi connectivity index (χ3n) is 8.37. The van der Waals surface area contributed by atoms with Crippen LogP contribution in [-0.2, 0) is 29.1 Å². The van der Waals surface area contributed by atoms with Crippen molar-refractivity contribution in [3.63, 3.8) is 0 Å². The number of aryl methyl sites for hydroxylation is 2. The summed E-state index contributed by atoms with van der Waals surface area (Å²) in [6.45, 7) is 16.2. The first-order valence-corrected chi connectivity index (χ1v) is 16.5. The molecule has 0 radical (unpaired) electrons. The summed E-state index contributed by atoms with van der Waals surface area (Å²) in [5, 5.41) is 0. The quantitative estimate of drug-likeness (QED) is 0.130. The van der Waals surface area contributed by atoms with E-state index in [0.717, 1.165) is 55.5 Å². The standard InChI is InChI=1S/C37H40N2O3S/c1-6-10-17-29-24-27-16-11-12-18-32(27)39(29)33-19-13-20-34-36(33)37(40)30-22-21-28(25-35(30)43(34,41)42)38(23-9-4)31(15-8-3)26(5)14-7-2/h6-9,13,15,19-22,24-25H,1-2,4,10-12,14,16-18,23H2,3,5H3/b15-8-,31-26-. The van der Waals surface area contributed by atoms with E-state index in [1.54, 1.807) is 30.3 Å². The van der Waals surface area contributed by atoms with E-state index in [2.05, 4.69) is 30.4 Å². The van der Waals surface area contributed by atoms with Crippen LogP contribution in [0.4, 0.5) is 5.69 Å². The largest absolute Gasteiger partial charge is 0.338 e. The first kappa shape index (κ1) is 30.3. The number of fused-ring (bicyclic) bond motifs is 3. The van der Waals surface area contributed by atoms with Crippen molar-refractivity contribution < 1.29 is 13.2 Å². The summed E-state index contributed by atoms with van der Waals surface area (Å²) in [6.07, 6.45) is 15.8. The highest BCUT2D eigenvalue weighted by Gasteiger charge is 2.38. The Morgan fingerprint density at radius 3 is 2.51 bits per heavy atom. The first-order valence-electron chi connectivity index (χ1n) is 15.0. The molecule has 1 aliphatic carbocycles. The third kappa shape index (κ3) is 5.40. The van der Waals surface area contributed by atoms with Crippen molar-refractivity contribution in [2.45, 2.75) is 68.6 Å². The van der Waals surface area contributed by atoms with E-state index in [9.17, 15) is 13.2 Å². The van der Waals surface area contributed by atoms with E-state index in [0.29, 0.717) is 24.3 Å². The molecular formula is C37H40N2O3S. The van der Waals surface area contributed by atoms with E-state index in [-0.39, 0.29) is 26.7 Å². The topological polar surface area (TPSA) is 59.4 Å². The van der Waals surface area contributed by atoms with Crippen LogP contribution in [0.3, 0.4) is 0 Å². The molecule has 0 bridgehead atoms. The lowest BCUT2D eigenvalue weighted by Gasteiger charge is -2.29. The number of carbonyl (C=O) groups is 1. The zero-order valence-electron chi connectivity index (χ0n) is 25.2. The van der Waals surface area contributed by atoms with Gasteiger partial charge in [0.25, 0.3) is 0 Å². The Morgan fingerprint density at radius 2 is 1.79 bits per heavy atom. The lowest BCUT2D eigenvalue weighted by Crippen LogP contribution is -2.26. The van der Waals surface area contributed by atoms with Crippen LogP contribution in [0.25, 0.3) is 5.69 Å². The highest BCUT2D eigenvalue weighted by molar-refractivity contribution is 7.91. The van der Waals surface area contributed by atoms with Crippen LogP contribution >= 0.6 is 0 Å². The van der Waals surface area contributed by atoms with Crippen LogP contribution in [0.1, 0.15) is 72.4 Å². The molecule has 0 unspecified atom stereocenters. The van der Waals surface area contributed by atoms with Crippen LogP contribution < -0.4 is 4.90 Å². The molecule has 1 aliphatic heterocycles. The van der Waals surface area contributed by atoms with Gasteiger partial charge in [0.15, 0.2) is 5.78 Å². The van der Waals surface area contributed by atoms with Crippen LogP contribution in [0, 0.1) is 0 Å². The predicted octanol–water partition coefficient (Wildman–Crippen LogP) is 8.27. The number of ketones is 1. The van der Waals surface area contributed by atoms with Gasteiger partial charge in [-0.25, -0.2) is 8.42 Å². The second-order valence-corrected chi connectivity index (χ2v) is 13.1. The fraction of sp³-hybridized carbons (Fsp3) is 0.270. The van der Waals surface area contributed by atoms with E-state index < -0.39 is 9.84 Å². The normalized spacial score (nSPS) is 15.7. The number of allylic oxidation sites excluding steroid dienone is 5. The predicted molar refractivity (Wildman–Crippen MR) is 176 cm³/mol. The van der Waals surface area contributed by atoms with Gasteiger partial charge in [-0.1, -0.05) is 30.4 Å². The van der Waals surface area contributed by atoms with E-state index in [1.165, 1.54) is 11.3 Å². The molecule has 0 saturated carbocycles. The van der Waals surface area contributed by atoms with Gasteiger partial charge in [-0.2, -0.15) is 0 Å². The number of hydrogen-bond donors (Lipinski definition) is 0. The van der Waals surface area contributed by atoms with Gasteiger partial charge in [-0.05, 0) is 112 Å². The Balaban J connectivity index is 1.69. The number of rotatable bonds is 11. The second kappa shape index (κ2) is 12.6. The van der Waals surface area contributed by atoms with Gasteiger partial charge in [0.05, 0.1) is 21.0 Å². The van der Waals surface area contributed by atoms with Crippen LogP contribution in [0.15, 0.2) is 114 Å². The number of sulfone groups is 1. The first-order chi connectivity index (χ1) is 20.8. The molecule has 6 heteroatoms. The molecule has 0 atom stereocenters. The molecule has 43 heavy (non-hydrogen) atoms. The minimum absolute atomic E-state index is 0.0383. The van der Waals surface area contributed by atoms with E-state index in [1.807, 2.05) is 55.2 Å². The number of carbonyl (C=O) groups excluding carboxylic acids is 1. The summed E-state index contributed by atoms with van der Waals surface area (Å²) in [6, 6.07) is 12.6. The number of aromatic nitrogens is 1. The van der Waals surface area contributed by atoms with Crippen LogP contribution in [0.5, 0.6) is 0 Å². The molecule has 0 fully saturated rings. The van der Waals surface area contributed by atoms with Gasteiger partial charge >= 0.3 is 0 Å². The third-order valence-corrected chi connectivity index (χ3v) is 10.2. The zero-order valence-corrected chi connectivity index (χ0v) is 26.1. The fourth-order valence-corrected chi connectivity index (χ4v) is 8.10. The van der Waals surface area contributed by atoms with Crippen LogP contribution in [0.2, 0.25) is 0 Å². The Labute approximate surface area is 256 Å². The number of nitrogens with zero attached hydrogens (tertiary/aromatic N) is 2. The maximum absolute atomic E-state index is 14.3. The molecule has 5 nitrogen and oxygen atoms in total. The number of anilines is 1. The molecule has 0 spiro atoms. The van der Waals surface area contributed by atoms with Gasteiger partial charge in [-0.3, -0.25) is 4.79 Å². The van der Waals surface area contributed by atoms with Gasteiger partial charge < -0.3 is 9.47 Å². The molecule has 3 aromatic rings. The number of benzene rings is 2. The summed E-state index contributed by atoms with van der Waals surface area (Å²) in [5.74, 6) is -0.266. The molecule has 2 aliphatic rings. The molecule has 222 valence electrons. The highest BCUT2D eigenvalue weighted by Crippen LogP contribution is 2.41. The maximum Gasteiger partial charge on any atom is 0.208 e. The molecule has 0 saturated heterocycles. The summed E-state index contributed by atoms with van der Waals surface area (Å²) in [5.41, 5.74) is 7.37. The van der Waals surface area contributed by atoms with Crippen molar-refractivity contribution >= 4 is 21.3 Å². The maximum atomic E-state index is 14.3. The van der Waals surface area contributed by atoms with Crippen molar-refractivity contribution in [2.24, 2.45) is 0 Å². The molecule has 2 heterocycles. The van der Waals surface area contributed by atoms with E-state index >= 15 is 0 Å². The van der Waals surface area contributed by atoms with Gasteiger partial charge in [0.2, 0.25) is 9.84 Å². The monoisotopic (exact) mass is 592 g/mol. The minimum Gasteiger partial charge on any atom is -0.338 e. The molecular weight excluding hydrogens is 552 g/mol. The number of hydrogen-bond acceptors (Lipinski definition) is 4. The Bertz CT molecular complexity index is 1790. The van der Waals surface area contributed by atoms with Crippen molar-refractivity contribution in [3.8, 4) is 5.69 Å². The average molecular weight is 593 g/mol. The summed E-state index contributed by atoms with van der Waals surface area (Å²) in [4.78, 5) is 16.4. The van der Waals surface area contributed by atoms with E-state index in [4.69, 9.17) is 0 Å². The Morgan fingerprint density at radius 1 is 1.00 bits per heavy atom. The summed E-state index contributed by atoms with van der Waals surface area (Å²) >= 11 is 0. The van der Waals surface area contributed by atoms with Gasteiger partial charge in [-0.15, -0.1) is 19.7 Å².